The zero-order valence-corrected chi connectivity index (χ0v) is 14.8. The van der Waals surface area contributed by atoms with Crippen LogP contribution in [-0.4, -0.2) is 23.2 Å². The standard InChI is InChI=1S/C18H17ClN2O4/c1-9(2)24-18(23)25-16-10(3)21-13-8-20-17(22)15(13)14(16)11-4-6-12(19)7-5-11/h4-7,9H,8H2,1-3H3,(H,20,22). The molecule has 2 aromatic rings. The van der Waals surface area contributed by atoms with Crippen molar-refractivity contribution in [1.29, 1.82) is 0 Å². The number of pyridine rings is 1. The summed E-state index contributed by atoms with van der Waals surface area (Å²) < 4.78 is 10.5. The van der Waals surface area contributed by atoms with Crippen molar-refractivity contribution in [3.8, 4) is 16.9 Å². The molecule has 130 valence electrons. The molecular weight excluding hydrogens is 344 g/mol. The van der Waals surface area contributed by atoms with E-state index in [9.17, 15) is 9.59 Å². The predicted octanol–water partition coefficient (Wildman–Crippen LogP) is 3.88. The third-order valence-electron chi connectivity index (χ3n) is 3.69. The Hall–Kier alpha value is -2.60. The molecule has 3 rings (SSSR count). The second-order valence-corrected chi connectivity index (χ2v) is 6.37. The molecule has 1 aromatic carbocycles. The zero-order valence-electron chi connectivity index (χ0n) is 14.1. The molecule has 1 aliphatic rings. The van der Waals surface area contributed by atoms with Gasteiger partial charge in [0.15, 0.2) is 5.75 Å². The van der Waals surface area contributed by atoms with Crippen molar-refractivity contribution in [3.05, 3.63) is 46.2 Å². The molecule has 6 nitrogen and oxygen atoms in total. The van der Waals surface area contributed by atoms with Gasteiger partial charge < -0.3 is 14.8 Å². The van der Waals surface area contributed by atoms with Gasteiger partial charge in [0, 0.05) is 10.6 Å². The van der Waals surface area contributed by atoms with Crippen molar-refractivity contribution < 1.29 is 19.1 Å². The highest BCUT2D eigenvalue weighted by atomic mass is 35.5. The van der Waals surface area contributed by atoms with E-state index in [1.54, 1.807) is 45.0 Å². The van der Waals surface area contributed by atoms with E-state index in [-0.39, 0.29) is 17.8 Å². The lowest BCUT2D eigenvalue weighted by molar-refractivity contribution is 0.0725. The zero-order chi connectivity index (χ0) is 18.1. The molecule has 0 spiro atoms. The number of fused-ring (bicyclic) bond motifs is 1. The van der Waals surface area contributed by atoms with E-state index >= 15 is 0 Å². The van der Waals surface area contributed by atoms with Gasteiger partial charge in [-0.3, -0.25) is 9.78 Å². The van der Waals surface area contributed by atoms with Gasteiger partial charge in [-0.15, -0.1) is 0 Å². The second kappa shape index (κ2) is 6.72. The van der Waals surface area contributed by atoms with Crippen LogP contribution in [0.15, 0.2) is 24.3 Å². The number of amides is 1. The second-order valence-electron chi connectivity index (χ2n) is 5.93. The van der Waals surface area contributed by atoms with E-state index in [0.29, 0.717) is 39.6 Å². The highest BCUT2D eigenvalue weighted by molar-refractivity contribution is 6.30. The van der Waals surface area contributed by atoms with E-state index in [0.717, 1.165) is 0 Å². The lowest BCUT2D eigenvalue weighted by Gasteiger charge is -2.16. The lowest BCUT2D eigenvalue weighted by Crippen LogP contribution is -2.18. The van der Waals surface area contributed by atoms with Crippen molar-refractivity contribution in [2.75, 3.05) is 0 Å². The summed E-state index contributed by atoms with van der Waals surface area (Å²) in [7, 11) is 0. The summed E-state index contributed by atoms with van der Waals surface area (Å²) in [5.41, 5.74) is 2.74. The molecule has 7 heteroatoms. The molecule has 1 aliphatic heterocycles. The number of aromatic nitrogens is 1. The molecule has 0 saturated heterocycles. The fourth-order valence-corrected chi connectivity index (χ4v) is 2.82. The molecule has 25 heavy (non-hydrogen) atoms. The first-order valence-corrected chi connectivity index (χ1v) is 8.20. The number of nitrogens with zero attached hydrogens (tertiary/aromatic N) is 1. The molecule has 1 amide bonds. The van der Waals surface area contributed by atoms with Crippen molar-refractivity contribution in [2.45, 2.75) is 33.4 Å². The number of carbonyl (C=O) groups excluding carboxylic acids is 2. The van der Waals surface area contributed by atoms with Gasteiger partial charge in [0.1, 0.15) is 0 Å². The molecule has 1 aromatic heterocycles. The van der Waals surface area contributed by atoms with Crippen LogP contribution in [0.4, 0.5) is 4.79 Å². The van der Waals surface area contributed by atoms with Gasteiger partial charge in [-0.2, -0.15) is 0 Å². The summed E-state index contributed by atoms with van der Waals surface area (Å²) in [5, 5.41) is 3.31. The summed E-state index contributed by atoms with van der Waals surface area (Å²) in [6, 6.07) is 6.96. The van der Waals surface area contributed by atoms with E-state index in [2.05, 4.69) is 10.3 Å². The molecule has 1 N–H and O–H groups in total. The Balaban J connectivity index is 2.16. The minimum Gasteiger partial charge on any atom is -0.431 e. The maximum Gasteiger partial charge on any atom is 0.514 e. The highest BCUT2D eigenvalue weighted by Gasteiger charge is 2.30. The quantitative estimate of drug-likeness (QED) is 0.840. The third kappa shape index (κ3) is 3.44. The smallest absolute Gasteiger partial charge is 0.431 e. The fourth-order valence-electron chi connectivity index (χ4n) is 2.69. The van der Waals surface area contributed by atoms with Crippen molar-refractivity contribution in [2.24, 2.45) is 0 Å². The number of ether oxygens (including phenoxy) is 2. The van der Waals surface area contributed by atoms with Gasteiger partial charge in [0.25, 0.3) is 5.91 Å². The van der Waals surface area contributed by atoms with E-state index < -0.39 is 6.16 Å². The van der Waals surface area contributed by atoms with Crippen LogP contribution in [0, 0.1) is 6.92 Å². The van der Waals surface area contributed by atoms with Gasteiger partial charge in [0.05, 0.1) is 29.6 Å². The first-order valence-electron chi connectivity index (χ1n) is 7.83. The van der Waals surface area contributed by atoms with Crippen LogP contribution in [0.2, 0.25) is 5.02 Å². The number of rotatable bonds is 3. The minimum atomic E-state index is -0.839. The van der Waals surface area contributed by atoms with Crippen LogP contribution in [0.25, 0.3) is 11.1 Å². The number of nitrogens with one attached hydrogen (secondary N) is 1. The Labute approximate surface area is 150 Å². The van der Waals surface area contributed by atoms with Crippen LogP contribution in [0.1, 0.15) is 35.6 Å². The Morgan fingerprint density at radius 2 is 1.92 bits per heavy atom. The average Bonchev–Trinajstić information content (AvgIpc) is 2.89. The first-order chi connectivity index (χ1) is 11.9. The van der Waals surface area contributed by atoms with Crippen LogP contribution < -0.4 is 10.1 Å². The first kappa shape index (κ1) is 17.2. The summed E-state index contributed by atoms with van der Waals surface area (Å²) >= 11 is 5.96. The average molecular weight is 361 g/mol. The number of benzene rings is 1. The molecular formula is C18H17ClN2O4. The molecule has 2 heterocycles. The lowest BCUT2D eigenvalue weighted by atomic mass is 9.97. The normalized spacial score (nSPS) is 12.8. The number of hydrogen-bond donors (Lipinski definition) is 1. The maximum atomic E-state index is 12.3. The van der Waals surface area contributed by atoms with E-state index in [1.165, 1.54) is 0 Å². The number of hydrogen-bond acceptors (Lipinski definition) is 5. The van der Waals surface area contributed by atoms with Crippen LogP contribution in [0.3, 0.4) is 0 Å². The van der Waals surface area contributed by atoms with Gasteiger partial charge in [-0.1, -0.05) is 23.7 Å². The van der Waals surface area contributed by atoms with Crippen LogP contribution in [0.5, 0.6) is 5.75 Å². The van der Waals surface area contributed by atoms with Crippen molar-refractivity contribution in [3.63, 3.8) is 0 Å². The van der Waals surface area contributed by atoms with Gasteiger partial charge >= 0.3 is 6.16 Å². The van der Waals surface area contributed by atoms with Gasteiger partial charge in [-0.25, -0.2) is 4.79 Å². The summed E-state index contributed by atoms with van der Waals surface area (Å²) in [5.74, 6) is -0.0432. The molecule has 0 unspecified atom stereocenters. The molecule has 0 fully saturated rings. The SMILES string of the molecule is Cc1nc2c(c(-c3ccc(Cl)cc3)c1OC(=O)OC(C)C)C(=O)NC2. The third-order valence-corrected chi connectivity index (χ3v) is 3.94. The van der Waals surface area contributed by atoms with Gasteiger partial charge in [-0.05, 0) is 38.5 Å². The molecule has 0 bridgehead atoms. The van der Waals surface area contributed by atoms with Gasteiger partial charge in [0.2, 0.25) is 0 Å². The monoisotopic (exact) mass is 360 g/mol. The Morgan fingerprint density at radius 1 is 1.24 bits per heavy atom. The molecule has 0 aliphatic carbocycles. The Bertz CT molecular complexity index is 847. The summed E-state index contributed by atoms with van der Waals surface area (Å²) in [6.45, 7) is 5.51. The molecule has 0 saturated carbocycles. The number of carbonyl (C=O) groups is 2. The number of halogens is 1. The Morgan fingerprint density at radius 3 is 2.56 bits per heavy atom. The van der Waals surface area contributed by atoms with Crippen molar-refractivity contribution in [1.82, 2.24) is 10.3 Å². The largest absolute Gasteiger partial charge is 0.514 e. The number of aryl methyl sites for hydroxylation is 1. The maximum absolute atomic E-state index is 12.3. The fraction of sp³-hybridized carbons (Fsp3) is 0.278. The van der Waals surface area contributed by atoms with Crippen LogP contribution in [-0.2, 0) is 11.3 Å². The van der Waals surface area contributed by atoms with E-state index in [4.69, 9.17) is 21.1 Å². The summed E-state index contributed by atoms with van der Waals surface area (Å²) in [6.07, 6.45) is -1.16. The highest BCUT2D eigenvalue weighted by Crippen LogP contribution is 2.39. The Kier molecular flexibility index (Phi) is 4.63. The van der Waals surface area contributed by atoms with Crippen LogP contribution >= 0.6 is 11.6 Å². The van der Waals surface area contributed by atoms with Crippen molar-refractivity contribution >= 4 is 23.7 Å². The topological polar surface area (TPSA) is 77.5 Å². The minimum absolute atomic E-state index is 0.212. The molecule has 0 atom stereocenters. The molecule has 0 radical (unpaired) electrons. The van der Waals surface area contributed by atoms with E-state index in [1.807, 2.05) is 0 Å². The summed E-state index contributed by atoms with van der Waals surface area (Å²) in [4.78, 5) is 28.7. The predicted molar refractivity (Wildman–Crippen MR) is 92.8 cm³/mol.